The molecule has 0 amide bonds. The lowest BCUT2D eigenvalue weighted by Crippen LogP contribution is -2.44. The molecule has 1 aliphatic rings. The van der Waals surface area contributed by atoms with Crippen LogP contribution >= 0.6 is 0 Å². The Labute approximate surface area is 93.8 Å². The topological polar surface area (TPSA) is 38.0 Å². The highest BCUT2D eigenvalue weighted by molar-refractivity contribution is 5.19. The third-order valence-corrected chi connectivity index (χ3v) is 3.37. The quantitative estimate of drug-likeness (QED) is 0.609. The molecule has 1 saturated carbocycles. The summed E-state index contributed by atoms with van der Waals surface area (Å²) in [5, 5.41) is 0. The second-order valence-electron chi connectivity index (χ2n) is 4.42. The molecule has 0 spiro atoms. The monoisotopic (exact) mass is 226 g/mol. The number of nitrogens with two attached hydrogens (primary N) is 1. The zero-order valence-corrected chi connectivity index (χ0v) is 9.05. The minimum atomic E-state index is -0.801. The van der Waals surface area contributed by atoms with Crippen molar-refractivity contribution in [3.63, 3.8) is 0 Å². The van der Waals surface area contributed by atoms with Gasteiger partial charge < -0.3 is 0 Å². The van der Waals surface area contributed by atoms with Crippen LogP contribution in [0.15, 0.2) is 18.2 Å². The van der Waals surface area contributed by atoms with E-state index in [1.165, 1.54) is 31.4 Å². The molecule has 0 bridgehead atoms. The van der Waals surface area contributed by atoms with E-state index in [4.69, 9.17) is 5.84 Å². The molecular weight excluding hydrogens is 210 g/mol. The van der Waals surface area contributed by atoms with Crippen molar-refractivity contribution >= 4 is 0 Å². The van der Waals surface area contributed by atoms with Gasteiger partial charge in [0.05, 0.1) is 0 Å². The fraction of sp³-hybridized carbons (Fsp3) is 0.500. The van der Waals surface area contributed by atoms with Crippen molar-refractivity contribution in [2.45, 2.75) is 31.7 Å². The molecule has 1 unspecified atom stereocenters. The summed E-state index contributed by atoms with van der Waals surface area (Å²) in [5.41, 5.74) is 3.56. The third kappa shape index (κ3) is 2.39. The van der Waals surface area contributed by atoms with Gasteiger partial charge in [-0.3, -0.25) is 11.3 Å². The molecule has 0 aromatic heterocycles. The number of benzene rings is 1. The predicted molar refractivity (Wildman–Crippen MR) is 58.5 cm³/mol. The van der Waals surface area contributed by atoms with Crippen LogP contribution in [0, 0.1) is 17.6 Å². The van der Waals surface area contributed by atoms with E-state index in [1.807, 2.05) is 0 Å². The summed E-state index contributed by atoms with van der Waals surface area (Å²) in [7, 11) is 0. The van der Waals surface area contributed by atoms with E-state index in [0.29, 0.717) is 12.3 Å². The van der Waals surface area contributed by atoms with Gasteiger partial charge in [0.2, 0.25) is 0 Å². The molecule has 3 N–H and O–H groups in total. The van der Waals surface area contributed by atoms with Crippen LogP contribution in [-0.4, -0.2) is 6.04 Å². The first-order chi connectivity index (χ1) is 7.70. The van der Waals surface area contributed by atoms with Gasteiger partial charge in [0.1, 0.15) is 0 Å². The van der Waals surface area contributed by atoms with Crippen LogP contribution in [0.5, 0.6) is 0 Å². The molecular formula is C12H16F2N2. The van der Waals surface area contributed by atoms with Gasteiger partial charge >= 0.3 is 0 Å². The first kappa shape index (κ1) is 11.5. The molecule has 16 heavy (non-hydrogen) atoms. The SMILES string of the molecule is NNC(Cc1ccc(F)c(F)c1)C1CCC1. The highest BCUT2D eigenvalue weighted by Gasteiger charge is 2.26. The smallest absolute Gasteiger partial charge is 0.159 e. The van der Waals surface area contributed by atoms with Crippen LogP contribution in [0.1, 0.15) is 24.8 Å². The van der Waals surface area contributed by atoms with E-state index >= 15 is 0 Å². The van der Waals surface area contributed by atoms with E-state index < -0.39 is 11.6 Å². The molecule has 0 radical (unpaired) electrons. The van der Waals surface area contributed by atoms with E-state index in [1.54, 1.807) is 6.07 Å². The van der Waals surface area contributed by atoms with E-state index in [-0.39, 0.29) is 6.04 Å². The summed E-state index contributed by atoms with van der Waals surface area (Å²) >= 11 is 0. The molecule has 1 atom stereocenters. The van der Waals surface area contributed by atoms with Gasteiger partial charge in [-0.1, -0.05) is 12.5 Å². The lowest BCUT2D eigenvalue weighted by atomic mass is 9.78. The Morgan fingerprint density at radius 2 is 2.06 bits per heavy atom. The van der Waals surface area contributed by atoms with Crippen LogP contribution in [0.4, 0.5) is 8.78 Å². The fourth-order valence-electron chi connectivity index (χ4n) is 2.12. The van der Waals surface area contributed by atoms with E-state index in [0.717, 1.165) is 5.56 Å². The average molecular weight is 226 g/mol. The summed E-state index contributed by atoms with van der Waals surface area (Å²) in [6.07, 6.45) is 4.22. The van der Waals surface area contributed by atoms with Crippen molar-refractivity contribution in [1.29, 1.82) is 0 Å². The molecule has 0 heterocycles. The second kappa shape index (κ2) is 4.89. The van der Waals surface area contributed by atoms with Crippen molar-refractivity contribution in [2.75, 3.05) is 0 Å². The first-order valence-electron chi connectivity index (χ1n) is 5.60. The number of rotatable bonds is 4. The molecule has 0 saturated heterocycles. The molecule has 2 rings (SSSR count). The molecule has 1 aromatic carbocycles. The first-order valence-corrected chi connectivity index (χ1v) is 5.60. The molecule has 1 aliphatic carbocycles. The minimum Gasteiger partial charge on any atom is -0.271 e. The van der Waals surface area contributed by atoms with Crippen LogP contribution in [0.2, 0.25) is 0 Å². The van der Waals surface area contributed by atoms with Crippen LogP contribution in [0.3, 0.4) is 0 Å². The molecule has 88 valence electrons. The molecule has 1 aromatic rings. The zero-order chi connectivity index (χ0) is 11.5. The highest BCUT2D eigenvalue weighted by Crippen LogP contribution is 2.30. The predicted octanol–water partition coefficient (Wildman–Crippen LogP) is 2.14. The van der Waals surface area contributed by atoms with Crippen LogP contribution in [0.25, 0.3) is 0 Å². The average Bonchev–Trinajstić information content (AvgIpc) is 2.20. The van der Waals surface area contributed by atoms with Gasteiger partial charge in [-0.15, -0.1) is 0 Å². The third-order valence-electron chi connectivity index (χ3n) is 3.37. The van der Waals surface area contributed by atoms with Crippen LogP contribution in [-0.2, 0) is 6.42 Å². The standard InChI is InChI=1S/C12H16F2N2/c13-10-5-4-8(6-11(10)14)7-12(16-15)9-2-1-3-9/h4-6,9,12,16H,1-3,7,15H2. The highest BCUT2D eigenvalue weighted by atomic mass is 19.2. The van der Waals surface area contributed by atoms with E-state index in [9.17, 15) is 8.78 Å². The summed E-state index contributed by atoms with van der Waals surface area (Å²) in [6.45, 7) is 0. The fourth-order valence-corrected chi connectivity index (χ4v) is 2.12. The van der Waals surface area contributed by atoms with Crippen molar-refractivity contribution in [1.82, 2.24) is 5.43 Å². The van der Waals surface area contributed by atoms with Gasteiger partial charge in [0.15, 0.2) is 11.6 Å². The maximum Gasteiger partial charge on any atom is 0.159 e. The number of nitrogens with one attached hydrogen (secondary N) is 1. The Hall–Kier alpha value is -1.00. The summed E-state index contributed by atoms with van der Waals surface area (Å²) in [5.74, 6) is 4.46. The van der Waals surface area contributed by atoms with Crippen molar-refractivity contribution in [3.05, 3.63) is 35.4 Å². The normalized spacial score (nSPS) is 18.2. The van der Waals surface area contributed by atoms with Gasteiger partial charge in [-0.05, 0) is 42.9 Å². The van der Waals surface area contributed by atoms with E-state index in [2.05, 4.69) is 5.43 Å². The number of hydrazine groups is 1. The van der Waals surface area contributed by atoms with Crippen molar-refractivity contribution < 1.29 is 8.78 Å². The second-order valence-corrected chi connectivity index (χ2v) is 4.42. The van der Waals surface area contributed by atoms with Gasteiger partial charge in [-0.2, -0.15) is 0 Å². The number of hydrogen-bond acceptors (Lipinski definition) is 2. The Balaban J connectivity index is 2.03. The summed E-state index contributed by atoms with van der Waals surface area (Å²) < 4.78 is 25.7. The van der Waals surface area contributed by atoms with Crippen LogP contribution < -0.4 is 11.3 Å². The lowest BCUT2D eigenvalue weighted by Gasteiger charge is -2.33. The Kier molecular flexibility index (Phi) is 3.51. The van der Waals surface area contributed by atoms with Gasteiger partial charge in [0.25, 0.3) is 0 Å². The Morgan fingerprint density at radius 1 is 1.31 bits per heavy atom. The van der Waals surface area contributed by atoms with Gasteiger partial charge in [0, 0.05) is 6.04 Å². The Bertz CT molecular complexity index is 364. The Morgan fingerprint density at radius 3 is 2.56 bits per heavy atom. The largest absolute Gasteiger partial charge is 0.271 e. The number of hydrogen-bond donors (Lipinski definition) is 2. The minimum absolute atomic E-state index is 0.165. The molecule has 2 nitrogen and oxygen atoms in total. The van der Waals surface area contributed by atoms with Gasteiger partial charge in [-0.25, -0.2) is 8.78 Å². The molecule has 0 aliphatic heterocycles. The van der Waals surface area contributed by atoms with Crippen molar-refractivity contribution in [2.24, 2.45) is 11.8 Å². The number of halogens is 2. The summed E-state index contributed by atoms with van der Waals surface area (Å²) in [6, 6.07) is 4.19. The van der Waals surface area contributed by atoms with Crippen molar-refractivity contribution in [3.8, 4) is 0 Å². The zero-order valence-electron chi connectivity index (χ0n) is 9.05. The molecule has 4 heteroatoms. The summed E-state index contributed by atoms with van der Waals surface area (Å²) in [4.78, 5) is 0. The maximum atomic E-state index is 13.0. The molecule has 1 fully saturated rings. The lowest BCUT2D eigenvalue weighted by molar-refractivity contribution is 0.228. The maximum absolute atomic E-state index is 13.0.